The first-order valence-electron chi connectivity index (χ1n) is 8.37. The van der Waals surface area contributed by atoms with E-state index in [4.69, 9.17) is 0 Å². The number of carbonyl (C=O) groups is 1. The van der Waals surface area contributed by atoms with Crippen molar-refractivity contribution in [2.75, 3.05) is 31.5 Å². The molecule has 0 aliphatic carbocycles. The summed E-state index contributed by atoms with van der Waals surface area (Å²) in [5.41, 5.74) is 2.32. The Kier molecular flexibility index (Phi) is 5.57. The lowest BCUT2D eigenvalue weighted by atomic mass is 10.1. The molecule has 1 aliphatic rings. The Bertz CT molecular complexity index is 511. The Balaban J connectivity index is 2.09. The third kappa shape index (κ3) is 4.07. The largest absolute Gasteiger partial charge is 0.321 e. The van der Waals surface area contributed by atoms with Crippen molar-refractivity contribution in [3.8, 4) is 0 Å². The molecule has 0 saturated carbocycles. The average Bonchev–Trinajstić information content (AvgIpc) is 2.69. The van der Waals surface area contributed by atoms with Gasteiger partial charge < -0.3 is 9.80 Å². The van der Waals surface area contributed by atoms with Crippen molar-refractivity contribution in [1.82, 2.24) is 0 Å². The van der Waals surface area contributed by atoms with Crippen LogP contribution in [-0.4, -0.2) is 36.6 Å². The maximum absolute atomic E-state index is 13.4. The number of likely N-dealkylation sites (N-methyl/N-ethyl adjacent to an activating group) is 1. The number of nitrogens with zero attached hydrogens (tertiary/aromatic N) is 1. The number of rotatable bonds is 4. The molecule has 1 amide bonds. The number of likely N-dealkylation sites (tertiary alicyclic amines) is 1. The number of amides is 1. The third-order valence-electron chi connectivity index (χ3n) is 4.93. The van der Waals surface area contributed by atoms with Gasteiger partial charge in [0, 0.05) is 5.69 Å². The highest BCUT2D eigenvalue weighted by Crippen LogP contribution is 2.23. The molecule has 1 fully saturated rings. The first-order valence-corrected chi connectivity index (χ1v) is 8.37. The van der Waals surface area contributed by atoms with Crippen molar-refractivity contribution in [2.24, 2.45) is 0 Å². The van der Waals surface area contributed by atoms with E-state index in [0.29, 0.717) is 6.54 Å². The van der Waals surface area contributed by atoms with E-state index < -0.39 is 0 Å². The number of quaternary nitrogens is 1. The Hall–Kier alpha value is -1.42. The number of hydrogen-bond donors (Lipinski definition) is 1. The number of nitrogens with one attached hydrogen (secondary N) is 1. The maximum atomic E-state index is 13.4. The number of halogens is 1. The van der Waals surface area contributed by atoms with Gasteiger partial charge in [-0.3, -0.25) is 4.79 Å². The van der Waals surface area contributed by atoms with Crippen molar-refractivity contribution >= 4 is 11.6 Å². The summed E-state index contributed by atoms with van der Waals surface area (Å²) >= 11 is 0. The molecule has 1 aromatic rings. The molecule has 3 nitrogen and oxygen atoms in total. The number of carbonyl (C=O) groups excluding carboxylic acids is 1. The van der Waals surface area contributed by atoms with Crippen LogP contribution in [0.25, 0.3) is 0 Å². The van der Waals surface area contributed by atoms with E-state index in [1.807, 2.05) is 13.8 Å². The fourth-order valence-electron chi connectivity index (χ4n) is 3.54. The Labute approximate surface area is 133 Å². The Morgan fingerprint density at radius 3 is 2.18 bits per heavy atom. The van der Waals surface area contributed by atoms with Crippen LogP contribution in [0.2, 0.25) is 0 Å². The summed E-state index contributed by atoms with van der Waals surface area (Å²) < 4.78 is 14.2. The first kappa shape index (κ1) is 16.9. The van der Waals surface area contributed by atoms with E-state index >= 15 is 0 Å². The van der Waals surface area contributed by atoms with Gasteiger partial charge in [-0.05, 0) is 69.7 Å². The summed E-state index contributed by atoms with van der Waals surface area (Å²) in [5.74, 6) is -0.209. The van der Waals surface area contributed by atoms with Gasteiger partial charge in [0.15, 0.2) is 6.54 Å². The van der Waals surface area contributed by atoms with Gasteiger partial charge in [0.2, 0.25) is 0 Å². The summed E-state index contributed by atoms with van der Waals surface area (Å²) in [6, 6.07) is 2.94. The average molecular weight is 307 g/mol. The highest BCUT2D eigenvalue weighted by molar-refractivity contribution is 5.93. The second-order valence-corrected chi connectivity index (χ2v) is 6.64. The lowest BCUT2D eigenvalue weighted by molar-refractivity contribution is -0.918. The predicted octanol–water partition coefficient (Wildman–Crippen LogP) is 3.79. The van der Waals surface area contributed by atoms with E-state index in [2.05, 4.69) is 12.2 Å². The number of benzene rings is 1. The molecule has 22 heavy (non-hydrogen) atoms. The van der Waals surface area contributed by atoms with Crippen LogP contribution in [0, 0.1) is 19.7 Å². The third-order valence-corrected chi connectivity index (χ3v) is 4.93. The molecule has 1 saturated heterocycles. The van der Waals surface area contributed by atoms with Gasteiger partial charge in [-0.2, -0.15) is 0 Å². The van der Waals surface area contributed by atoms with Crippen molar-refractivity contribution in [3.05, 3.63) is 29.1 Å². The molecule has 4 heteroatoms. The zero-order valence-electron chi connectivity index (χ0n) is 14.0. The molecular weight excluding hydrogens is 279 g/mol. The Morgan fingerprint density at radius 1 is 1.14 bits per heavy atom. The van der Waals surface area contributed by atoms with Crippen molar-refractivity contribution < 1.29 is 13.7 Å². The number of hydrogen-bond acceptors (Lipinski definition) is 1. The topological polar surface area (TPSA) is 29.1 Å². The molecule has 0 atom stereocenters. The van der Waals surface area contributed by atoms with Crippen LogP contribution < -0.4 is 5.32 Å². The van der Waals surface area contributed by atoms with Crippen molar-refractivity contribution in [3.63, 3.8) is 0 Å². The van der Waals surface area contributed by atoms with Crippen molar-refractivity contribution in [1.29, 1.82) is 0 Å². The highest BCUT2D eigenvalue weighted by Gasteiger charge is 2.29. The fourth-order valence-corrected chi connectivity index (χ4v) is 3.54. The Morgan fingerprint density at radius 2 is 1.68 bits per heavy atom. The SMILES string of the molecule is CC[N+]1(CC(=O)Nc2c(C)cc(F)cc2C)CCCCCC1. The zero-order valence-corrected chi connectivity index (χ0v) is 14.0. The lowest BCUT2D eigenvalue weighted by Gasteiger charge is -2.36. The standard InChI is InChI=1S/C18H27FN2O/c1-4-21(9-7-5-6-8-10-21)13-17(22)20-18-14(2)11-16(19)12-15(18)3/h11-12H,4-10,13H2,1-3H3/p+1. The van der Waals surface area contributed by atoms with E-state index in [0.717, 1.165) is 40.9 Å². The van der Waals surface area contributed by atoms with Gasteiger partial charge in [-0.1, -0.05) is 0 Å². The molecule has 0 radical (unpaired) electrons. The monoisotopic (exact) mass is 307 g/mol. The molecule has 1 heterocycles. The molecule has 2 rings (SSSR count). The van der Waals surface area contributed by atoms with E-state index in [-0.39, 0.29) is 11.7 Å². The van der Waals surface area contributed by atoms with Crippen LogP contribution in [0.3, 0.4) is 0 Å². The van der Waals surface area contributed by atoms with Gasteiger partial charge in [0.1, 0.15) is 5.82 Å². The predicted molar refractivity (Wildman–Crippen MR) is 88.4 cm³/mol. The second-order valence-electron chi connectivity index (χ2n) is 6.64. The van der Waals surface area contributed by atoms with Gasteiger partial charge in [-0.25, -0.2) is 4.39 Å². The molecule has 0 spiro atoms. The quantitative estimate of drug-likeness (QED) is 0.843. The second kappa shape index (κ2) is 7.23. The lowest BCUT2D eigenvalue weighted by Crippen LogP contribution is -2.52. The molecule has 1 N–H and O–H groups in total. The zero-order chi connectivity index (χ0) is 16.2. The smallest absolute Gasteiger partial charge is 0.279 e. The summed E-state index contributed by atoms with van der Waals surface area (Å²) in [5, 5.41) is 3.01. The van der Waals surface area contributed by atoms with Crippen LogP contribution in [0.15, 0.2) is 12.1 Å². The summed E-state index contributed by atoms with van der Waals surface area (Å²) in [7, 11) is 0. The molecule has 1 aliphatic heterocycles. The van der Waals surface area contributed by atoms with Crippen LogP contribution in [0.1, 0.15) is 43.7 Å². The van der Waals surface area contributed by atoms with Gasteiger partial charge in [-0.15, -0.1) is 0 Å². The van der Waals surface area contributed by atoms with Crippen LogP contribution in [0.4, 0.5) is 10.1 Å². The highest BCUT2D eigenvalue weighted by atomic mass is 19.1. The molecular formula is C18H28FN2O+. The summed E-state index contributed by atoms with van der Waals surface area (Å²) in [6.45, 7) is 9.54. The minimum absolute atomic E-state index is 0.0431. The van der Waals surface area contributed by atoms with Crippen LogP contribution in [-0.2, 0) is 4.79 Å². The molecule has 122 valence electrons. The van der Waals surface area contributed by atoms with Gasteiger partial charge in [0.05, 0.1) is 19.6 Å². The van der Waals surface area contributed by atoms with E-state index in [9.17, 15) is 9.18 Å². The number of anilines is 1. The molecule has 0 bridgehead atoms. The van der Waals surface area contributed by atoms with Crippen LogP contribution >= 0.6 is 0 Å². The van der Waals surface area contributed by atoms with Gasteiger partial charge >= 0.3 is 0 Å². The fraction of sp³-hybridized carbons (Fsp3) is 0.611. The summed E-state index contributed by atoms with van der Waals surface area (Å²) in [4.78, 5) is 12.5. The maximum Gasteiger partial charge on any atom is 0.279 e. The summed E-state index contributed by atoms with van der Waals surface area (Å²) in [6.07, 6.45) is 4.96. The molecule has 0 unspecified atom stereocenters. The molecule has 1 aromatic carbocycles. The van der Waals surface area contributed by atoms with Gasteiger partial charge in [0.25, 0.3) is 5.91 Å². The van der Waals surface area contributed by atoms with E-state index in [1.165, 1.54) is 37.8 Å². The minimum Gasteiger partial charge on any atom is -0.321 e. The van der Waals surface area contributed by atoms with Crippen molar-refractivity contribution in [2.45, 2.75) is 46.5 Å². The van der Waals surface area contributed by atoms with Crippen LogP contribution in [0.5, 0.6) is 0 Å². The number of aryl methyl sites for hydroxylation is 2. The van der Waals surface area contributed by atoms with E-state index in [1.54, 1.807) is 0 Å². The normalized spacial score (nSPS) is 17.8. The molecule has 0 aromatic heterocycles. The first-order chi connectivity index (χ1) is 10.5. The minimum atomic E-state index is -0.252.